The number of hydrogen-bond donors (Lipinski definition) is 0. The zero-order valence-electron chi connectivity index (χ0n) is 31.1. The monoisotopic (exact) mass is 709 g/mol. The zero-order chi connectivity index (χ0) is 36.4. The molecule has 10 rings (SSSR count). The summed E-state index contributed by atoms with van der Waals surface area (Å²) in [6.07, 6.45) is 5.89. The Hall–Kier alpha value is -5.96. The summed E-state index contributed by atoms with van der Waals surface area (Å²) >= 11 is 0. The second kappa shape index (κ2) is 12.6. The van der Waals surface area contributed by atoms with Crippen LogP contribution in [0.5, 0.6) is 0 Å². The molecule has 0 N–H and O–H groups in total. The predicted molar refractivity (Wildman–Crippen MR) is 233 cm³/mol. The molecule has 0 bridgehead atoms. The molecule has 7 aromatic carbocycles. The molecular formula is C52H43NSi. The van der Waals surface area contributed by atoms with Crippen molar-refractivity contribution in [2.24, 2.45) is 5.92 Å². The van der Waals surface area contributed by atoms with Gasteiger partial charge in [0.2, 0.25) is 0 Å². The first-order valence-electron chi connectivity index (χ1n) is 19.3. The lowest BCUT2D eigenvalue weighted by atomic mass is 9.76. The van der Waals surface area contributed by atoms with E-state index >= 15 is 0 Å². The zero-order valence-corrected chi connectivity index (χ0v) is 32.1. The summed E-state index contributed by atoms with van der Waals surface area (Å²) in [6.45, 7) is 7.17. The van der Waals surface area contributed by atoms with Crippen LogP contribution in [0.15, 0.2) is 194 Å². The minimum atomic E-state index is -2.92. The molecule has 1 nitrogen and oxygen atoms in total. The highest BCUT2D eigenvalue weighted by Gasteiger charge is 2.44. The van der Waals surface area contributed by atoms with E-state index in [1.165, 1.54) is 76.1 Å². The first-order chi connectivity index (χ1) is 26.5. The van der Waals surface area contributed by atoms with Crippen molar-refractivity contribution in [2.45, 2.75) is 32.6 Å². The van der Waals surface area contributed by atoms with E-state index in [0.29, 0.717) is 5.92 Å². The second-order valence-corrected chi connectivity index (χ2v) is 19.5. The highest BCUT2D eigenvalue weighted by Crippen LogP contribution is 2.51. The van der Waals surface area contributed by atoms with E-state index in [-0.39, 0.29) is 5.41 Å². The molecule has 0 saturated heterocycles. The second-order valence-electron chi connectivity index (χ2n) is 15.8. The van der Waals surface area contributed by atoms with Gasteiger partial charge in [-0.15, -0.1) is 0 Å². The Morgan fingerprint density at radius 3 is 1.87 bits per heavy atom. The molecule has 0 aliphatic heterocycles. The third-order valence-corrected chi connectivity index (χ3v) is 17.2. The van der Waals surface area contributed by atoms with Gasteiger partial charge in [-0.3, -0.25) is 0 Å². The molecule has 0 saturated carbocycles. The molecule has 54 heavy (non-hydrogen) atoms. The van der Waals surface area contributed by atoms with Crippen LogP contribution in [-0.2, 0) is 5.41 Å². The van der Waals surface area contributed by atoms with Crippen molar-refractivity contribution in [3.8, 4) is 16.8 Å². The van der Waals surface area contributed by atoms with Gasteiger partial charge in [0.25, 0.3) is 0 Å². The molecule has 1 aromatic heterocycles. The van der Waals surface area contributed by atoms with Crippen LogP contribution in [0.1, 0.15) is 38.3 Å². The molecule has 260 valence electrons. The van der Waals surface area contributed by atoms with Gasteiger partial charge in [0.1, 0.15) is 0 Å². The normalized spacial score (nSPS) is 16.2. The summed E-state index contributed by atoms with van der Waals surface area (Å²) in [5.41, 5.74) is 12.1. The number of allylic oxidation sites excluding steroid dienone is 4. The Kier molecular flexibility index (Phi) is 7.61. The van der Waals surface area contributed by atoms with Gasteiger partial charge in [0.15, 0.2) is 8.07 Å². The summed E-state index contributed by atoms with van der Waals surface area (Å²) in [5.74, 6) is 0.586. The fraction of sp³-hybridized carbons (Fsp3) is 0.115. The minimum Gasteiger partial charge on any atom is -0.309 e. The van der Waals surface area contributed by atoms with Crippen LogP contribution in [0.25, 0.3) is 44.2 Å². The number of fused-ring (bicyclic) bond motifs is 5. The molecule has 1 atom stereocenters. The molecule has 1 unspecified atom stereocenters. The van der Waals surface area contributed by atoms with Gasteiger partial charge >= 0.3 is 0 Å². The van der Waals surface area contributed by atoms with Gasteiger partial charge < -0.3 is 4.57 Å². The molecule has 2 aliphatic carbocycles. The fourth-order valence-corrected chi connectivity index (χ4v) is 14.7. The number of hydrogen-bond acceptors (Lipinski definition) is 0. The lowest BCUT2D eigenvalue weighted by Gasteiger charge is -2.35. The Morgan fingerprint density at radius 2 is 1.17 bits per heavy atom. The van der Waals surface area contributed by atoms with Gasteiger partial charge in [-0.2, -0.15) is 0 Å². The molecule has 2 heteroatoms. The quantitative estimate of drug-likeness (QED) is 0.120. The maximum Gasteiger partial charge on any atom is 0.181 e. The van der Waals surface area contributed by atoms with Crippen molar-refractivity contribution in [1.29, 1.82) is 0 Å². The first kappa shape index (κ1) is 32.7. The standard InChI is InChI=1S/C52H43NSi/c1-36-26-32-43-44-33-29-38(35-48(44)52(2,3)47(43)34-36)37-27-30-42(31-28-37)54(40-18-9-5-10-19-40,41-20-11-6-12-21-41)50-25-15-23-46-45-22-13-14-24-49(45)53(51(46)50)39-16-7-4-8-17-39/h4-33,35-36H,34H2,1-3H3. The average molecular weight is 710 g/mol. The SMILES string of the molecule is CC1C=CC2=C(C1)C(C)(C)c1cc(-c3ccc([Si](c4ccccc4)(c4ccccc4)c4cccc5c6ccccc6n(-c6ccccc6)c45)cc3)ccc12. The van der Waals surface area contributed by atoms with Gasteiger partial charge in [0.05, 0.1) is 11.0 Å². The van der Waals surface area contributed by atoms with Crippen LogP contribution in [0, 0.1) is 5.92 Å². The van der Waals surface area contributed by atoms with Crippen molar-refractivity contribution >= 4 is 56.2 Å². The number of benzene rings is 7. The first-order valence-corrected chi connectivity index (χ1v) is 21.3. The van der Waals surface area contributed by atoms with Crippen LogP contribution in [-0.4, -0.2) is 12.6 Å². The van der Waals surface area contributed by atoms with E-state index < -0.39 is 8.07 Å². The summed E-state index contributed by atoms with van der Waals surface area (Å²) in [6, 6.07) is 66.3. The molecule has 8 aromatic rings. The Labute approximate surface area is 319 Å². The van der Waals surface area contributed by atoms with Crippen molar-refractivity contribution in [1.82, 2.24) is 4.57 Å². The lowest BCUT2D eigenvalue weighted by Crippen LogP contribution is -2.75. The molecule has 0 spiro atoms. The van der Waals surface area contributed by atoms with E-state index in [4.69, 9.17) is 0 Å². The Balaban J connectivity index is 1.22. The van der Waals surface area contributed by atoms with Crippen LogP contribution in [0.3, 0.4) is 0 Å². The average Bonchev–Trinajstić information content (AvgIpc) is 3.68. The van der Waals surface area contributed by atoms with Crippen molar-refractivity contribution in [3.05, 3.63) is 205 Å². The van der Waals surface area contributed by atoms with Gasteiger partial charge in [-0.25, -0.2) is 0 Å². The van der Waals surface area contributed by atoms with E-state index in [1.807, 2.05) is 0 Å². The van der Waals surface area contributed by atoms with E-state index in [1.54, 1.807) is 5.57 Å². The maximum absolute atomic E-state index is 2.92. The summed E-state index contributed by atoms with van der Waals surface area (Å²) in [7, 11) is -2.92. The maximum atomic E-state index is 2.51. The summed E-state index contributed by atoms with van der Waals surface area (Å²) < 4.78 is 2.51. The summed E-state index contributed by atoms with van der Waals surface area (Å²) in [4.78, 5) is 0. The minimum absolute atomic E-state index is 0.0260. The van der Waals surface area contributed by atoms with Crippen LogP contribution < -0.4 is 20.7 Å². The topological polar surface area (TPSA) is 4.93 Å². The van der Waals surface area contributed by atoms with E-state index in [0.717, 1.165) is 6.42 Å². The Bertz CT molecular complexity index is 2710. The molecule has 2 aliphatic rings. The largest absolute Gasteiger partial charge is 0.309 e. The molecule has 0 amide bonds. The summed E-state index contributed by atoms with van der Waals surface area (Å²) in [5, 5.41) is 8.08. The number of nitrogens with zero attached hydrogens (tertiary/aromatic N) is 1. The van der Waals surface area contributed by atoms with E-state index in [9.17, 15) is 0 Å². The molecule has 0 fully saturated rings. The van der Waals surface area contributed by atoms with Gasteiger partial charge in [-0.1, -0.05) is 190 Å². The Morgan fingerprint density at radius 1 is 0.574 bits per heavy atom. The third kappa shape index (κ3) is 4.83. The number of rotatable bonds is 6. The third-order valence-electron chi connectivity index (χ3n) is 12.4. The number of para-hydroxylation sites is 3. The van der Waals surface area contributed by atoms with Crippen molar-refractivity contribution in [2.75, 3.05) is 0 Å². The van der Waals surface area contributed by atoms with Gasteiger partial charge in [0, 0.05) is 21.9 Å². The highest BCUT2D eigenvalue weighted by atomic mass is 28.3. The van der Waals surface area contributed by atoms with E-state index in [2.05, 4.69) is 213 Å². The fourth-order valence-electron chi connectivity index (χ4n) is 9.77. The van der Waals surface area contributed by atoms with Crippen LogP contribution in [0.2, 0.25) is 0 Å². The molecule has 1 heterocycles. The highest BCUT2D eigenvalue weighted by molar-refractivity contribution is 7.20. The lowest BCUT2D eigenvalue weighted by molar-refractivity contribution is 0.566. The predicted octanol–water partition coefficient (Wildman–Crippen LogP) is 10.5. The molecule has 0 radical (unpaired) electrons. The van der Waals surface area contributed by atoms with Crippen molar-refractivity contribution in [3.63, 3.8) is 0 Å². The van der Waals surface area contributed by atoms with Gasteiger partial charge in [-0.05, 0) is 85.2 Å². The van der Waals surface area contributed by atoms with Crippen LogP contribution >= 0.6 is 0 Å². The van der Waals surface area contributed by atoms with Crippen molar-refractivity contribution < 1.29 is 0 Å². The molecular weight excluding hydrogens is 667 g/mol. The smallest absolute Gasteiger partial charge is 0.181 e. The number of aromatic nitrogens is 1. The van der Waals surface area contributed by atoms with Crippen LogP contribution in [0.4, 0.5) is 0 Å².